The molecule has 1 N–H and O–H groups in total. The summed E-state index contributed by atoms with van der Waals surface area (Å²) >= 11 is 0. The Labute approximate surface area is 92.4 Å². The zero-order chi connectivity index (χ0) is 11.3. The van der Waals surface area contributed by atoms with Crippen LogP contribution in [0.2, 0.25) is 0 Å². The van der Waals surface area contributed by atoms with Gasteiger partial charge in [-0.25, -0.2) is 0 Å². The van der Waals surface area contributed by atoms with Crippen LogP contribution in [0.5, 0.6) is 0 Å². The van der Waals surface area contributed by atoms with Gasteiger partial charge in [-0.3, -0.25) is 4.99 Å². The van der Waals surface area contributed by atoms with Crippen molar-refractivity contribution in [1.29, 1.82) is 0 Å². The highest BCUT2D eigenvalue weighted by molar-refractivity contribution is 5.80. The zero-order valence-electron chi connectivity index (χ0n) is 10.0. The lowest BCUT2D eigenvalue weighted by Gasteiger charge is -2.21. The Kier molecular flexibility index (Phi) is 3.89. The Morgan fingerprint density at radius 3 is 2.33 bits per heavy atom. The first-order chi connectivity index (χ1) is 6.97. The summed E-state index contributed by atoms with van der Waals surface area (Å²) in [6.07, 6.45) is 0. The smallest absolute Gasteiger partial charge is 0.0939 e. The minimum absolute atomic E-state index is 0.0876. The summed E-state index contributed by atoms with van der Waals surface area (Å²) in [5, 5.41) is 3.34. The van der Waals surface area contributed by atoms with Gasteiger partial charge in [0.1, 0.15) is 0 Å². The van der Waals surface area contributed by atoms with E-state index in [0.717, 1.165) is 12.4 Å². The number of hydrogen-bond donors (Lipinski definition) is 1. The number of aliphatic imine (C=N–C) groups is 1. The second-order valence-corrected chi connectivity index (χ2v) is 4.76. The van der Waals surface area contributed by atoms with E-state index < -0.39 is 0 Å². The fourth-order valence-corrected chi connectivity index (χ4v) is 1.38. The Balaban J connectivity index is 2.51. The third kappa shape index (κ3) is 5.21. The lowest BCUT2D eigenvalue weighted by molar-refractivity contribution is 0.509. The van der Waals surface area contributed by atoms with Crippen LogP contribution >= 0.6 is 0 Å². The van der Waals surface area contributed by atoms with E-state index in [1.165, 1.54) is 5.56 Å². The van der Waals surface area contributed by atoms with Gasteiger partial charge in [0.2, 0.25) is 0 Å². The number of rotatable bonds is 2. The molecule has 2 nitrogen and oxygen atoms in total. The molecular weight excluding hydrogens is 184 g/mol. The van der Waals surface area contributed by atoms with Crippen LogP contribution in [-0.4, -0.2) is 11.4 Å². The molecule has 15 heavy (non-hydrogen) atoms. The standard InChI is InChI=1S/C13H20N2/c1-11(15-13(2,3)4)14-10-12-8-6-5-7-9-12/h5-9H,10H2,1-4H3,(H,14,15). The predicted octanol–water partition coefficient (Wildman–Crippen LogP) is 2.99. The van der Waals surface area contributed by atoms with Gasteiger partial charge >= 0.3 is 0 Å². The molecule has 0 unspecified atom stereocenters. The van der Waals surface area contributed by atoms with Crippen LogP contribution in [0.4, 0.5) is 0 Å². The highest BCUT2D eigenvalue weighted by Crippen LogP contribution is 2.02. The average molecular weight is 204 g/mol. The van der Waals surface area contributed by atoms with Gasteiger partial charge in [0.25, 0.3) is 0 Å². The molecule has 0 amide bonds. The molecule has 0 aliphatic heterocycles. The lowest BCUT2D eigenvalue weighted by atomic mass is 10.1. The van der Waals surface area contributed by atoms with Gasteiger partial charge in [-0.2, -0.15) is 0 Å². The monoisotopic (exact) mass is 204 g/mol. The topological polar surface area (TPSA) is 24.4 Å². The summed E-state index contributed by atoms with van der Waals surface area (Å²) in [5.41, 5.74) is 1.33. The molecule has 1 aromatic carbocycles. The Hall–Kier alpha value is -1.31. The second kappa shape index (κ2) is 4.96. The molecule has 0 spiro atoms. The van der Waals surface area contributed by atoms with Crippen molar-refractivity contribution < 1.29 is 0 Å². The van der Waals surface area contributed by atoms with Gasteiger partial charge in [0, 0.05) is 5.54 Å². The van der Waals surface area contributed by atoms with E-state index in [1.807, 2.05) is 25.1 Å². The van der Waals surface area contributed by atoms with Gasteiger partial charge in [0.15, 0.2) is 0 Å². The maximum Gasteiger partial charge on any atom is 0.0939 e. The number of benzene rings is 1. The van der Waals surface area contributed by atoms with E-state index in [-0.39, 0.29) is 5.54 Å². The van der Waals surface area contributed by atoms with Crippen LogP contribution in [0, 0.1) is 0 Å². The molecule has 0 saturated carbocycles. The Bertz CT molecular complexity index is 320. The first kappa shape index (κ1) is 11.8. The number of nitrogens with zero attached hydrogens (tertiary/aromatic N) is 1. The molecule has 0 atom stereocenters. The molecule has 0 aliphatic rings. The van der Waals surface area contributed by atoms with Crippen LogP contribution in [0.15, 0.2) is 35.3 Å². The van der Waals surface area contributed by atoms with Crippen molar-refractivity contribution in [3.8, 4) is 0 Å². The van der Waals surface area contributed by atoms with Crippen LogP contribution in [0.3, 0.4) is 0 Å². The quantitative estimate of drug-likeness (QED) is 0.581. The van der Waals surface area contributed by atoms with Crippen LogP contribution in [0.1, 0.15) is 33.3 Å². The van der Waals surface area contributed by atoms with Crippen molar-refractivity contribution in [1.82, 2.24) is 5.32 Å². The predicted molar refractivity (Wildman–Crippen MR) is 66.1 cm³/mol. The van der Waals surface area contributed by atoms with E-state index in [4.69, 9.17) is 0 Å². The van der Waals surface area contributed by atoms with E-state index in [9.17, 15) is 0 Å². The summed E-state index contributed by atoms with van der Waals surface area (Å²) in [4.78, 5) is 4.49. The molecule has 0 bridgehead atoms. The summed E-state index contributed by atoms with van der Waals surface area (Å²) in [6.45, 7) is 9.15. The fourth-order valence-electron chi connectivity index (χ4n) is 1.38. The van der Waals surface area contributed by atoms with Crippen molar-refractivity contribution in [3.63, 3.8) is 0 Å². The van der Waals surface area contributed by atoms with Gasteiger partial charge in [-0.05, 0) is 33.3 Å². The van der Waals surface area contributed by atoms with Gasteiger partial charge < -0.3 is 5.32 Å². The maximum atomic E-state index is 4.49. The maximum absolute atomic E-state index is 4.49. The fraction of sp³-hybridized carbons (Fsp3) is 0.462. The molecule has 1 rings (SSSR count). The molecular formula is C13H20N2. The Morgan fingerprint density at radius 2 is 1.80 bits per heavy atom. The van der Waals surface area contributed by atoms with Gasteiger partial charge in [0.05, 0.1) is 12.4 Å². The zero-order valence-corrected chi connectivity index (χ0v) is 10.0. The molecule has 0 radical (unpaired) electrons. The molecule has 0 heterocycles. The lowest BCUT2D eigenvalue weighted by Crippen LogP contribution is -2.39. The summed E-state index contributed by atoms with van der Waals surface area (Å²) in [7, 11) is 0. The van der Waals surface area contributed by atoms with Gasteiger partial charge in [-0.15, -0.1) is 0 Å². The van der Waals surface area contributed by atoms with Crippen molar-refractivity contribution in [3.05, 3.63) is 35.9 Å². The normalized spacial score (nSPS) is 12.7. The molecule has 0 aromatic heterocycles. The molecule has 82 valence electrons. The molecule has 2 heteroatoms. The number of nitrogens with one attached hydrogen (secondary N) is 1. The molecule has 1 aromatic rings. The van der Waals surface area contributed by atoms with E-state index in [2.05, 4.69) is 43.2 Å². The summed E-state index contributed by atoms with van der Waals surface area (Å²) in [5.74, 6) is 0.992. The summed E-state index contributed by atoms with van der Waals surface area (Å²) < 4.78 is 0. The van der Waals surface area contributed by atoms with Crippen LogP contribution in [-0.2, 0) is 6.54 Å². The van der Waals surface area contributed by atoms with Crippen molar-refractivity contribution in [2.24, 2.45) is 4.99 Å². The average Bonchev–Trinajstić information content (AvgIpc) is 2.14. The molecule has 0 fully saturated rings. The molecule has 0 saturated heterocycles. The van der Waals surface area contributed by atoms with E-state index >= 15 is 0 Å². The number of amidine groups is 1. The largest absolute Gasteiger partial charge is 0.369 e. The summed E-state index contributed by atoms with van der Waals surface area (Å²) in [6, 6.07) is 10.3. The van der Waals surface area contributed by atoms with Gasteiger partial charge in [-0.1, -0.05) is 30.3 Å². The highest BCUT2D eigenvalue weighted by atomic mass is 15.0. The van der Waals surface area contributed by atoms with Crippen molar-refractivity contribution in [2.45, 2.75) is 39.8 Å². The Morgan fingerprint density at radius 1 is 1.20 bits per heavy atom. The third-order valence-corrected chi connectivity index (χ3v) is 1.90. The third-order valence-electron chi connectivity index (χ3n) is 1.90. The SMILES string of the molecule is CC(=NCc1ccccc1)NC(C)(C)C. The van der Waals surface area contributed by atoms with Crippen LogP contribution < -0.4 is 5.32 Å². The van der Waals surface area contributed by atoms with E-state index in [0.29, 0.717) is 0 Å². The van der Waals surface area contributed by atoms with Crippen LogP contribution in [0.25, 0.3) is 0 Å². The first-order valence-electron chi connectivity index (χ1n) is 5.30. The van der Waals surface area contributed by atoms with E-state index in [1.54, 1.807) is 0 Å². The second-order valence-electron chi connectivity index (χ2n) is 4.76. The van der Waals surface area contributed by atoms with Crippen molar-refractivity contribution >= 4 is 5.84 Å². The minimum Gasteiger partial charge on any atom is -0.369 e. The first-order valence-corrected chi connectivity index (χ1v) is 5.30. The van der Waals surface area contributed by atoms with Crippen molar-refractivity contribution in [2.75, 3.05) is 0 Å². The number of hydrogen-bond acceptors (Lipinski definition) is 1. The minimum atomic E-state index is 0.0876. The molecule has 0 aliphatic carbocycles. The highest BCUT2D eigenvalue weighted by Gasteiger charge is 2.08.